The van der Waals surface area contributed by atoms with E-state index in [0.717, 1.165) is 12.8 Å². The highest BCUT2D eigenvalue weighted by molar-refractivity contribution is 5.97. The zero-order valence-corrected chi connectivity index (χ0v) is 11.9. The summed E-state index contributed by atoms with van der Waals surface area (Å²) in [7, 11) is 1.59. The lowest BCUT2D eigenvalue weighted by Gasteiger charge is -2.29. The van der Waals surface area contributed by atoms with Crippen LogP contribution < -0.4 is 0 Å². The van der Waals surface area contributed by atoms with Gasteiger partial charge >= 0.3 is 0 Å². The van der Waals surface area contributed by atoms with Crippen LogP contribution in [0, 0.1) is 5.92 Å². The van der Waals surface area contributed by atoms with Crippen LogP contribution in [0.2, 0.25) is 0 Å². The summed E-state index contributed by atoms with van der Waals surface area (Å²) in [5.74, 6) is 0.111. The second kappa shape index (κ2) is 6.13. The molecule has 0 spiro atoms. The standard InChI is InChI=1S/C15H21NO4/c1-10(11-3-4-11)16(7-8-20-2)15(19)13-9-12(17)5-6-14(13)18/h5-6,9-11,17-18H,3-4,7-8H2,1-2H3. The van der Waals surface area contributed by atoms with Gasteiger partial charge in [-0.1, -0.05) is 0 Å². The Bertz CT molecular complexity index is 485. The number of hydrogen-bond acceptors (Lipinski definition) is 4. The molecule has 0 aromatic heterocycles. The molecule has 1 aliphatic carbocycles. The minimum atomic E-state index is -0.269. The summed E-state index contributed by atoms with van der Waals surface area (Å²) in [5, 5.41) is 19.3. The molecular weight excluding hydrogens is 258 g/mol. The second-order valence-electron chi connectivity index (χ2n) is 5.27. The van der Waals surface area contributed by atoms with Crippen molar-refractivity contribution in [3.8, 4) is 11.5 Å². The fourth-order valence-electron chi connectivity index (χ4n) is 2.36. The van der Waals surface area contributed by atoms with Crippen LogP contribution >= 0.6 is 0 Å². The van der Waals surface area contributed by atoms with E-state index in [1.165, 1.54) is 18.2 Å². The van der Waals surface area contributed by atoms with Crippen molar-refractivity contribution >= 4 is 5.91 Å². The lowest BCUT2D eigenvalue weighted by Crippen LogP contribution is -2.42. The van der Waals surface area contributed by atoms with Gasteiger partial charge in [0, 0.05) is 19.7 Å². The average Bonchev–Trinajstić information content (AvgIpc) is 3.26. The van der Waals surface area contributed by atoms with Crippen LogP contribution in [-0.4, -0.2) is 47.3 Å². The average molecular weight is 279 g/mol. The first-order valence-electron chi connectivity index (χ1n) is 6.86. The molecular formula is C15H21NO4. The summed E-state index contributed by atoms with van der Waals surface area (Å²) in [6.45, 7) is 2.94. The Morgan fingerprint density at radius 2 is 2.15 bits per heavy atom. The minimum absolute atomic E-state index is 0.0306. The molecule has 1 aliphatic rings. The van der Waals surface area contributed by atoms with Gasteiger partial charge < -0.3 is 19.8 Å². The molecule has 0 radical (unpaired) electrons. The highest BCUT2D eigenvalue weighted by Crippen LogP contribution is 2.36. The van der Waals surface area contributed by atoms with E-state index < -0.39 is 0 Å². The first-order chi connectivity index (χ1) is 9.54. The number of benzene rings is 1. The Morgan fingerprint density at radius 1 is 1.45 bits per heavy atom. The quantitative estimate of drug-likeness (QED) is 0.781. The van der Waals surface area contributed by atoms with Crippen LogP contribution in [0.25, 0.3) is 0 Å². The van der Waals surface area contributed by atoms with Crippen molar-refractivity contribution < 1.29 is 19.7 Å². The number of hydrogen-bond donors (Lipinski definition) is 2. The number of aromatic hydroxyl groups is 2. The molecule has 20 heavy (non-hydrogen) atoms. The molecule has 5 heteroatoms. The van der Waals surface area contributed by atoms with Crippen LogP contribution in [0.15, 0.2) is 18.2 Å². The molecule has 2 N–H and O–H groups in total. The molecule has 0 saturated heterocycles. The molecule has 0 bridgehead atoms. The van der Waals surface area contributed by atoms with Gasteiger partial charge in [0.1, 0.15) is 11.5 Å². The molecule has 1 fully saturated rings. The van der Waals surface area contributed by atoms with E-state index in [9.17, 15) is 15.0 Å². The SMILES string of the molecule is COCCN(C(=O)c1cc(O)ccc1O)C(C)C1CC1. The number of phenols is 2. The molecule has 0 aliphatic heterocycles. The lowest BCUT2D eigenvalue weighted by atomic mass is 10.1. The first kappa shape index (κ1) is 14.7. The third-order valence-corrected chi connectivity index (χ3v) is 3.80. The fraction of sp³-hybridized carbons (Fsp3) is 0.533. The Hall–Kier alpha value is -1.75. The zero-order chi connectivity index (χ0) is 14.7. The van der Waals surface area contributed by atoms with Crippen molar-refractivity contribution in [1.82, 2.24) is 4.90 Å². The van der Waals surface area contributed by atoms with E-state index in [-0.39, 0.29) is 29.0 Å². The normalized spacial score (nSPS) is 15.9. The van der Waals surface area contributed by atoms with Gasteiger partial charge in [0.05, 0.1) is 12.2 Å². The van der Waals surface area contributed by atoms with Gasteiger partial charge in [0.2, 0.25) is 0 Å². The molecule has 1 aromatic rings. The number of methoxy groups -OCH3 is 1. The topological polar surface area (TPSA) is 70.0 Å². The van der Waals surface area contributed by atoms with E-state index in [1.54, 1.807) is 12.0 Å². The summed E-state index contributed by atoms with van der Waals surface area (Å²) < 4.78 is 5.06. The molecule has 2 rings (SSSR count). The van der Waals surface area contributed by atoms with Gasteiger partial charge in [-0.25, -0.2) is 0 Å². The maximum Gasteiger partial charge on any atom is 0.258 e. The van der Waals surface area contributed by atoms with E-state index in [2.05, 4.69) is 0 Å². The molecule has 1 atom stereocenters. The maximum atomic E-state index is 12.6. The summed E-state index contributed by atoms with van der Waals surface area (Å²) in [6.07, 6.45) is 2.26. The number of rotatable bonds is 6. The van der Waals surface area contributed by atoms with Gasteiger partial charge in [0.25, 0.3) is 5.91 Å². The number of ether oxygens (including phenoxy) is 1. The number of carbonyl (C=O) groups is 1. The molecule has 1 aromatic carbocycles. The molecule has 1 unspecified atom stereocenters. The highest BCUT2D eigenvalue weighted by atomic mass is 16.5. The Labute approximate surface area is 118 Å². The monoisotopic (exact) mass is 279 g/mol. The zero-order valence-electron chi connectivity index (χ0n) is 11.9. The van der Waals surface area contributed by atoms with Gasteiger partial charge in [-0.15, -0.1) is 0 Å². The lowest BCUT2D eigenvalue weighted by molar-refractivity contribution is 0.0591. The van der Waals surface area contributed by atoms with E-state index >= 15 is 0 Å². The van der Waals surface area contributed by atoms with Crippen molar-refractivity contribution in [3.05, 3.63) is 23.8 Å². The van der Waals surface area contributed by atoms with Crippen molar-refractivity contribution in [1.29, 1.82) is 0 Å². The van der Waals surface area contributed by atoms with Crippen molar-refractivity contribution in [2.75, 3.05) is 20.3 Å². The van der Waals surface area contributed by atoms with Gasteiger partial charge in [0.15, 0.2) is 0 Å². The van der Waals surface area contributed by atoms with E-state index in [1.807, 2.05) is 6.92 Å². The van der Waals surface area contributed by atoms with Crippen LogP contribution in [-0.2, 0) is 4.74 Å². The summed E-state index contributed by atoms with van der Waals surface area (Å²) in [4.78, 5) is 14.3. The highest BCUT2D eigenvalue weighted by Gasteiger charge is 2.35. The molecule has 5 nitrogen and oxygen atoms in total. The number of carbonyl (C=O) groups excluding carboxylic acids is 1. The van der Waals surface area contributed by atoms with Crippen LogP contribution in [0.1, 0.15) is 30.1 Å². The number of phenolic OH excluding ortho intramolecular Hbond substituents is 2. The van der Waals surface area contributed by atoms with Crippen molar-refractivity contribution in [2.24, 2.45) is 5.92 Å². The van der Waals surface area contributed by atoms with Gasteiger partial charge in [-0.2, -0.15) is 0 Å². The van der Waals surface area contributed by atoms with Crippen molar-refractivity contribution in [2.45, 2.75) is 25.8 Å². The Morgan fingerprint density at radius 3 is 2.75 bits per heavy atom. The number of amides is 1. The molecule has 1 amide bonds. The second-order valence-corrected chi connectivity index (χ2v) is 5.27. The van der Waals surface area contributed by atoms with Gasteiger partial charge in [-0.3, -0.25) is 4.79 Å². The molecule has 1 saturated carbocycles. The minimum Gasteiger partial charge on any atom is -0.508 e. The smallest absolute Gasteiger partial charge is 0.258 e. The van der Waals surface area contributed by atoms with Crippen LogP contribution in [0.3, 0.4) is 0 Å². The van der Waals surface area contributed by atoms with Gasteiger partial charge in [-0.05, 0) is 43.9 Å². The Balaban J connectivity index is 2.22. The Kier molecular flexibility index (Phi) is 4.49. The maximum absolute atomic E-state index is 12.6. The van der Waals surface area contributed by atoms with E-state index in [4.69, 9.17) is 4.74 Å². The predicted octanol–water partition coefficient (Wildman–Crippen LogP) is 1.98. The van der Waals surface area contributed by atoms with Crippen LogP contribution in [0.4, 0.5) is 0 Å². The van der Waals surface area contributed by atoms with E-state index in [0.29, 0.717) is 19.1 Å². The third-order valence-electron chi connectivity index (χ3n) is 3.80. The summed E-state index contributed by atoms with van der Waals surface area (Å²) >= 11 is 0. The number of nitrogens with zero attached hydrogens (tertiary/aromatic N) is 1. The first-order valence-corrected chi connectivity index (χ1v) is 6.86. The molecule has 0 heterocycles. The third kappa shape index (κ3) is 3.22. The van der Waals surface area contributed by atoms with Crippen molar-refractivity contribution in [3.63, 3.8) is 0 Å². The summed E-state index contributed by atoms with van der Waals surface area (Å²) in [6, 6.07) is 4.10. The summed E-state index contributed by atoms with van der Waals surface area (Å²) in [5.41, 5.74) is 0.133. The predicted molar refractivity (Wildman–Crippen MR) is 74.9 cm³/mol. The largest absolute Gasteiger partial charge is 0.508 e. The van der Waals surface area contributed by atoms with Crippen LogP contribution in [0.5, 0.6) is 11.5 Å². The molecule has 110 valence electrons. The fourth-order valence-corrected chi connectivity index (χ4v) is 2.36.